The number of fused-ring (bicyclic) bond motifs is 1. The van der Waals surface area contributed by atoms with Crippen LogP contribution in [-0.4, -0.2) is 41.7 Å². The fraction of sp³-hybridized carbons (Fsp3) is 0.400. The van der Waals surface area contributed by atoms with E-state index in [0.29, 0.717) is 17.3 Å². The molecule has 2 aromatic rings. The van der Waals surface area contributed by atoms with E-state index in [9.17, 15) is 9.90 Å². The predicted molar refractivity (Wildman–Crippen MR) is 82.9 cm³/mol. The summed E-state index contributed by atoms with van der Waals surface area (Å²) < 4.78 is 3.51. The summed E-state index contributed by atoms with van der Waals surface area (Å²) in [6.07, 6.45) is 4.92. The number of aromatic nitrogens is 4. The SMILES string of the molecule is C=C1c2c(O)c(=O)nc(-n3ccnc3)n2[C@@H](C)CN1C(C)C. The number of imidazole rings is 1. The molecule has 7 nitrogen and oxygen atoms in total. The molecule has 0 radical (unpaired) electrons. The molecule has 0 bridgehead atoms. The molecule has 3 rings (SSSR count). The minimum Gasteiger partial charge on any atom is -0.501 e. The zero-order valence-corrected chi connectivity index (χ0v) is 12.9. The Morgan fingerprint density at radius 2 is 2.18 bits per heavy atom. The van der Waals surface area contributed by atoms with Crippen LogP contribution < -0.4 is 5.56 Å². The highest BCUT2D eigenvalue weighted by atomic mass is 16.3. The first kappa shape index (κ1) is 14.4. The smallest absolute Gasteiger partial charge is 0.317 e. The highest BCUT2D eigenvalue weighted by molar-refractivity contribution is 5.66. The summed E-state index contributed by atoms with van der Waals surface area (Å²) in [6, 6.07) is 0.252. The lowest BCUT2D eigenvalue weighted by Crippen LogP contribution is -2.41. The Morgan fingerprint density at radius 3 is 2.77 bits per heavy atom. The van der Waals surface area contributed by atoms with Gasteiger partial charge in [-0.25, -0.2) is 4.98 Å². The van der Waals surface area contributed by atoms with Crippen molar-refractivity contribution in [3.05, 3.63) is 41.3 Å². The van der Waals surface area contributed by atoms with Gasteiger partial charge in [0.1, 0.15) is 12.0 Å². The molecule has 3 heterocycles. The maximum Gasteiger partial charge on any atom is 0.317 e. The first-order valence-electron chi connectivity index (χ1n) is 7.21. The van der Waals surface area contributed by atoms with Crippen molar-refractivity contribution in [2.24, 2.45) is 0 Å². The topological polar surface area (TPSA) is 76.2 Å². The van der Waals surface area contributed by atoms with Crippen LogP contribution in [0.4, 0.5) is 0 Å². The summed E-state index contributed by atoms with van der Waals surface area (Å²) >= 11 is 0. The number of rotatable bonds is 2. The zero-order chi connectivity index (χ0) is 16.0. The molecule has 0 spiro atoms. The van der Waals surface area contributed by atoms with Crippen molar-refractivity contribution in [2.45, 2.75) is 32.9 Å². The Balaban J connectivity index is 2.30. The molecule has 0 unspecified atom stereocenters. The van der Waals surface area contributed by atoms with Gasteiger partial charge in [-0.15, -0.1) is 0 Å². The van der Waals surface area contributed by atoms with Crippen LogP contribution in [0.1, 0.15) is 32.5 Å². The van der Waals surface area contributed by atoms with Crippen molar-refractivity contribution in [3.63, 3.8) is 0 Å². The van der Waals surface area contributed by atoms with Gasteiger partial charge in [0.05, 0.1) is 11.7 Å². The summed E-state index contributed by atoms with van der Waals surface area (Å²) in [4.78, 5) is 22.2. The quantitative estimate of drug-likeness (QED) is 0.907. The van der Waals surface area contributed by atoms with Crippen LogP contribution in [0.25, 0.3) is 11.6 Å². The Morgan fingerprint density at radius 1 is 1.45 bits per heavy atom. The van der Waals surface area contributed by atoms with E-state index in [1.807, 2.05) is 11.5 Å². The standard InChI is InChI=1S/C15H19N5O2/c1-9(2)19-7-10(3)20-12(11(19)4)13(21)14(22)17-15(20)18-6-5-16-8-18/h5-6,8-10,21H,4,7H2,1-3H3/t10-/m0/s1. The van der Waals surface area contributed by atoms with Gasteiger partial charge in [-0.2, -0.15) is 4.98 Å². The minimum atomic E-state index is -0.658. The van der Waals surface area contributed by atoms with Crippen LogP contribution in [0.15, 0.2) is 30.1 Å². The van der Waals surface area contributed by atoms with E-state index < -0.39 is 5.56 Å². The molecule has 1 aliphatic rings. The van der Waals surface area contributed by atoms with E-state index in [2.05, 4.69) is 35.3 Å². The molecule has 0 aromatic carbocycles. The third-order valence-electron chi connectivity index (χ3n) is 3.97. The van der Waals surface area contributed by atoms with Crippen molar-refractivity contribution >= 4 is 5.70 Å². The van der Waals surface area contributed by atoms with Gasteiger partial charge < -0.3 is 14.6 Å². The molecule has 0 aliphatic carbocycles. The highest BCUT2D eigenvalue weighted by Gasteiger charge is 2.32. The first-order valence-corrected chi connectivity index (χ1v) is 7.21. The fourth-order valence-corrected chi connectivity index (χ4v) is 2.90. The molecule has 7 heteroatoms. The van der Waals surface area contributed by atoms with Gasteiger partial charge in [0, 0.05) is 25.0 Å². The van der Waals surface area contributed by atoms with Crippen molar-refractivity contribution in [1.29, 1.82) is 0 Å². The molecule has 0 fully saturated rings. The van der Waals surface area contributed by atoms with Crippen molar-refractivity contribution in [2.75, 3.05) is 6.54 Å². The zero-order valence-electron chi connectivity index (χ0n) is 12.9. The van der Waals surface area contributed by atoms with Gasteiger partial charge in [0.2, 0.25) is 11.7 Å². The Kier molecular flexibility index (Phi) is 3.27. The summed E-state index contributed by atoms with van der Waals surface area (Å²) in [5.74, 6) is 0.0819. The summed E-state index contributed by atoms with van der Waals surface area (Å²) in [5, 5.41) is 10.2. The van der Waals surface area contributed by atoms with E-state index in [1.54, 1.807) is 23.3 Å². The van der Waals surface area contributed by atoms with E-state index in [-0.39, 0.29) is 17.8 Å². The molecule has 0 saturated carbocycles. The van der Waals surface area contributed by atoms with Crippen molar-refractivity contribution in [3.8, 4) is 11.7 Å². The van der Waals surface area contributed by atoms with Crippen LogP contribution in [-0.2, 0) is 0 Å². The van der Waals surface area contributed by atoms with E-state index >= 15 is 0 Å². The van der Waals surface area contributed by atoms with E-state index in [4.69, 9.17) is 0 Å². The van der Waals surface area contributed by atoms with Crippen LogP contribution >= 0.6 is 0 Å². The molecule has 0 saturated heterocycles. The molecule has 1 aliphatic heterocycles. The predicted octanol–water partition coefficient (Wildman–Crippen LogP) is 1.39. The molecule has 1 atom stereocenters. The monoisotopic (exact) mass is 301 g/mol. The van der Waals surface area contributed by atoms with Gasteiger partial charge in [0.25, 0.3) is 0 Å². The summed E-state index contributed by atoms with van der Waals surface area (Å²) in [6.45, 7) is 10.9. The van der Waals surface area contributed by atoms with Crippen molar-refractivity contribution < 1.29 is 5.11 Å². The molecule has 116 valence electrons. The molecule has 2 aromatic heterocycles. The highest BCUT2D eigenvalue weighted by Crippen LogP contribution is 2.35. The summed E-state index contributed by atoms with van der Waals surface area (Å²) in [7, 11) is 0. The average molecular weight is 301 g/mol. The van der Waals surface area contributed by atoms with Gasteiger partial charge in [0.15, 0.2) is 0 Å². The average Bonchev–Trinajstić information content (AvgIpc) is 2.99. The molecule has 22 heavy (non-hydrogen) atoms. The third kappa shape index (κ3) is 2.01. The Labute approximate surface area is 128 Å². The first-order chi connectivity index (χ1) is 10.4. The van der Waals surface area contributed by atoms with Gasteiger partial charge in [-0.3, -0.25) is 9.36 Å². The lowest BCUT2D eigenvalue weighted by molar-refractivity contribution is 0.254. The second-order valence-electron chi connectivity index (χ2n) is 5.80. The third-order valence-corrected chi connectivity index (χ3v) is 3.97. The second-order valence-corrected chi connectivity index (χ2v) is 5.80. The van der Waals surface area contributed by atoms with Gasteiger partial charge in [-0.1, -0.05) is 6.58 Å². The fourth-order valence-electron chi connectivity index (χ4n) is 2.90. The van der Waals surface area contributed by atoms with Crippen molar-refractivity contribution in [1.82, 2.24) is 24.0 Å². The molecule has 1 N–H and O–H groups in total. The van der Waals surface area contributed by atoms with Crippen LogP contribution in [0.3, 0.4) is 0 Å². The number of hydrogen-bond donors (Lipinski definition) is 1. The largest absolute Gasteiger partial charge is 0.501 e. The van der Waals surface area contributed by atoms with E-state index in [1.165, 1.54) is 0 Å². The van der Waals surface area contributed by atoms with Gasteiger partial charge >= 0.3 is 5.56 Å². The summed E-state index contributed by atoms with van der Waals surface area (Å²) in [5.41, 5.74) is 0.400. The van der Waals surface area contributed by atoms with Crippen LogP contribution in [0, 0.1) is 0 Å². The van der Waals surface area contributed by atoms with E-state index in [0.717, 1.165) is 6.54 Å². The lowest BCUT2D eigenvalue weighted by Gasteiger charge is -2.40. The van der Waals surface area contributed by atoms with Gasteiger partial charge in [-0.05, 0) is 20.8 Å². The Bertz CT molecular complexity index is 776. The minimum absolute atomic E-state index is 0.0271. The van der Waals surface area contributed by atoms with Crippen LogP contribution in [0.2, 0.25) is 0 Å². The maximum absolute atomic E-state index is 12.1. The lowest BCUT2D eigenvalue weighted by atomic mass is 10.1. The number of nitrogens with zero attached hydrogens (tertiary/aromatic N) is 5. The Hall–Kier alpha value is -2.57. The molecular formula is C15H19N5O2. The molecule has 0 amide bonds. The second kappa shape index (κ2) is 5.01. The number of aromatic hydroxyl groups is 1. The normalized spacial score (nSPS) is 17.9. The maximum atomic E-state index is 12.1. The number of hydrogen-bond acceptors (Lipinski definition) is 5. The van der Waals surface area contributed by atoms with Crippen LogP contribution in [0.5, 0.6) is 5.75 Å². The molecular weight excluding hydrogens is 282 g/mol.